The number of methoxy groups -OCH3 is 1. The van der Waals surface area contributed by atoms with Crippen molar-refractivity contribution in [1.82, 2.24) is 15.0 Å². The van der Waals surface area contributed by atoms with E-state index >= 15 is 0 Å². The molecule has 0 bridgehead atoms. The summed E-state index contributed by atoms with van der Waals surface area (Å²) < 4.78 is 10.1. The number of hydrogen-bond acceptors (Lipinski definition) is 7. The topological polar surface area (TPSA) is 68.5 Å². The molecule has 128 valence electrons. The maximum atomic E-state index is 11.4. The number of rotatable bonds is 5. The Bertz CT molecular complexity index is 852. The zero-order valence-corrected chi connectivity index (χ0v) is 14.5. The standard InChI is InChI=1S/C18H17N3O3S/c1-23-18(22)13-6-4-12(5-7-13)9-21-10-14(11-21)17-19-16(20-24-17)15-3-2-8-25-15/h2-8,14H,9-11H2,1H3. The van der Waals surface area contributed by atoms with Crippen LogP contribution in [0.5, 0.6) is 0 Å². The summed E-state index contributed by atoms with van der Waals surface area (Å²) in [4.78, 5) is 19.3. The molecule has 1 aromatic carbocycles. The molecule has 3 aromatic rings. The molecule has 1 aliphatic rings. The highest BCUT2D eigenvalue weighted by Crippen LogP contribution is 2.29. The van der Waals surface area contributed by atoms with E-state index in [9.17, 15) is 4.79 Å². The average molecular weight is 355 g/mol. The second kappa shape index (κ2) is 6.78. The van der Waals surface area contributed by atoms with E-state index in [-0.39, 0.29) is 11.9 Å². The zero-order valence-electron chi connectivity index (χ0n) is 13.7. The SMILES string of the molecule is COC(=O)c1ccc(CN2CC(c3nc(-c4cccs4)no3)C2)cc1. The van der Waals surface area contributed by atoms with Gasteiger partial charge in [0.2, 0.25) is 11.7 Å². The zero-order chi connectivity index (χ0) is 17.2. The molecule has 0 spiro atoms. The number of likely N-dealkylation sites (tertiary alicyclic amines) is 1. The van der Waals surface area contributed by atoms with E-state index < -0.39 is 0 Å². The highest BCUT2D eigenvalue weighted by atomic mass is 32.1. The molecule has 0 unspecified atom stereocenters. The fourth-order valence-electron chi connectivity index (χ4n) is 2.88. The maximum Gasteiger partial charge on any atom is 0.337 e. The molecule has 1 fully saturated rings. The van der Waals surface area contributed by atoms with Gasteiger partial charge in [0, 0.05) is 19.6 Å². The van der Waals surface area contributed by atoms with Gasteiger partial charge in [0.05, 0.1) is 23.5 Å². The Hall–Kier alpha value is -2.51. The third-order valence-electron chi connectivity index (χ3n) is 4.27. The molecule has 1 aliphatic heterocycles. The van der Waals surface area contributed by atoms with E-state index in [1.807, 2.05) is 29.6 Å². The smallest absolute Gasteiger partial charge is 0.337 e. The van der Waals surface area contributed by atoms with E-state index in [0.717, 1.165) is 30.1 Å². The van der Waals surface area contributed by atoms with Crippen molar-refractivity contribution in [1.29, 1.82) is 0 Å². The summed E-state index contributed by atoms with van der Waals surface area (Å²) in [5, 5.41) is 6.07. The van der Waals surface area contributed by atoms with Crippen molar-refractivity contribution in [2.45, 2.75) is 12.5 Å². The number of carbonyl (C=O) groups excluding carboxylic acids is 1. The molecular formula is C18H17N3O3S. The fourth-order valence-corrected chi connectivity index (χ4v) is 3.53. The summed E-state index contributed by atoms with van der Waals surface area (Å²) in [5.74, 6) is 1.35. The van der Waals surface area contributed by atoms with E-state index in [0.29, 0.717) is 17.3 Å². The normalized spacial score (nSPS) is 15.1. The van der Waals surface area contributed by atoms with Crippen molar-refractivity contribution >= 4 is 17.3 Å². The first-order valence-corrected chi connectivity index (χ1v) is 8.88. The first kappa shape index (κ1) is 16.0. The summed E-state index contributed by atoms with van der Waals surface area (Å²) >= 11 is 1.61. The minimum atomic E-state index is -0.312. The van der Waals surface area contributed by atoms with Crippen LogP contribution in [0.2, 0.25) is 0 Å². The Kier molecular flexibility index (Phi) is 4.33. The number of aromatic nitrogens is 2. The molecule has 0 amide bonds. The molecular weight excluding hydrogens is 338 g/mol. The van der Waals surface area contributed by atoms with Crippen molar-refractivity contribution in [2.75, 3.05) is 20.2 Å². The lowest BCUT2D eigenvalue weighted by molar-refractivity contribution is 0.0600. The van der Waals surface area contributed by atoms with Crippen LogP contribution in [0.1, 0.15) is 27.7 Å². The number of esters is 1. The van der Waals surface area contributed by atoms with E-state index in [1.54, 1.807) is 23.5 Å². The molecule has 0 N–H and O–H groups in total. The molecule has 0 atom stereocenters. The molecule has 7 heteroatoms. The summed E-state index contributed by atoms with van der Waals surface area (Å²) in [6.07, 6.45) is 0. The summed E-state index contributed by atoms with van der Waals surface area (Å²) in [6.45, 7) is 2.62. The highest BCUT2D eigenvalue weighted by Gasteiger charge is 2.32. The lowest BCUT2D eigenvalue weighted by atomic mass is 9.99. The van der Waals surface area contributed by atoms with Gasteiger partial charge in [-0.3, -0.25) is 4.90 Å². The lowest BCUT2D eigenvalue weighted by Gasteiger charge is -2.37. The van der Waals surface area contributed by atoms with Gasteiger partial charge in [-0.1, -0.05) is 23.4 Å². The second-order valence-electron chi connectivity index (χ2n) is 6.01. The minimum Gasteiger partial charge on any atom is -0.465 e. The first-order chi connectivity index (χ1) is 12.2. The summed E-state index contributed by atoms with van der Waals surface area (Å²) in [7, 11) is 1.39. The van der Waals surface area contributed by atoms with Crippen molar-refractivity contribution < 1.29 is 14.1 Å². The minimum absolute atomic E-state index is 0.288. The predicted molar refractivity (Wildman–Crippen MR) is 93.4 cm³/mol. The molecule has 0 saturated carbocycles. The maximum absolute atomic E-state index is 11.4. The molecule has 1 saturated heterocycles. The molecule has 6 nitrogen and oxygen atoms in total. The van der Waals surface area contributed by atoms with E-state index in [4.69, 9.17) is 9.26 Å². The molecule has 4 rings (SSSR count). The molecule has 2 aromatic heterocycles. The van der Waals surface area contributed by atoms with Crippen molar-refractivity contribution in [2.24, 2.45) is 0 Å². The fraction of sp³-hybridized carbons (Fsp3) is 0.278. The molecule has 3 heterocycles. The monoisotopic (exact) mass is 355 g/mol. The van der Waals surface area contributed by atoms with Crippen molar-refractivity contribution in [3.8, 4) is 10.7 Å². The Balaban J connectivity index is 1.32. The number of ether oxygens (including phenoxy) is 1. The van der Waals surface area contributed by atoms with Gasteiger partial charge in [0.1, 0.15) is 0 Å². The number of carbonyl (C=O) groups is 1. The molecule has 25 heavy (non-hydrogen) atoms. The van der Waals surface area contributed by atoms with Crippen LogP contribution in [0.3, 0.4) is 0 Å². The van der Waals surface area contributed by atoms with Gasteiger partial charge in [-0.15, -0.1) is 11.3 Å². The summed E-state index contributed by atoms with van der Waals surface area (Å²) in [6, 6.07) is 11.5. The quantitative estimate of drug-likeness (QED) is 0.655. The van der Waals surface area contributed by atoms with Crippen molar-refractivity contribution in [3.63, 3.8) is 0 Å². The molecule has 0 radical (unpaired) electrons. The van der Waals surface area contributed by atoms with Crippen molar-refractivity contribution in [3.05, 3.63) is 58.8 Å². The highest BCUT2D eigenvalue weighted by molar-refractivity contribution is 7.13. The molecule has 0 aliphatic carbocycles. The Labute approximate surface area is 149 Å². The van der Waals surface area contributed by atoms with Crippen LogP contribution in [0, 0.1) is 0 Å². The third-order valence-corrected chi connectivity index (χ3v) is 5.14. The van der Waals surface area contributed by atoms with Crippen LogP contribution in [-0.4, -0.2) is 41.2 Å². The Morgan fingerprint density at radius 1 is 1.32 bits per heavy atom. The van der Waals surface area contributed by atoms with Gasteiger partial charge in [-0.25, -0.2) is 4.79 Å². The largest absolute Gasteiger partial charge is 0.465 e. The van der Waals surface area contributed by atoms with Crippen LogP contribution >= 0.6 is 11.3 Å². The van der Waals surface area contributed by atoms with Gasteiger partial charge in [0.25, 0.3) is 0 Å². The first-order valence-electron chi connectivity index (χ1n) is 8.00. The Morgan fingerprint density at radius 3 is 2.80 bits per heavy atom. The second-order valence-corrected chi connectivity index (χ2v) is 6.96. The van der Waals surface area contributed by atoms with Crippen LogP contribution in [0.25, 0.3) is 10.7 Å². The summed E-state index contributed by atoms with van der Waals surface area (Å²) in [5.41, 5.74) is 1.73. The van der Waals surface area contributed by atoms with Gasteiger partial charge in [-0.05, 0) is 29.1 Å². The van der Waals surface area contributed by atoms with Gasteiger partial charge < -0.3 is 9.26 Å². The number of thiophene rings is 1. The van der Waals surface area contributed by atoms with E-state index in [2.05, 4.69) is 15.0 Å². The van der Waals surface area contributed by atoms with E-state index in [1.165, 1.54) is 7.11 Å². The number of benzene rings is 1. The Morgan fingerprint density at radius 2 is 2.12 bits per heavy atom. The number of nitrogens with zero attached hydrogens (tertiary/aromatic N) is 3. The third kappa shape index (κ3) is 3.33. The van der Waals surface area contributed by atoms with Crippen LogP contribution < -0.4 is 0 Å². The lowest BCUT2D eigenvalue weighted by Crippen LogP contribution is -2.44. The van der Waals surface area contributed by atoms with Gasteiger partial charge in [-0.2, -0.15) is 4.98 Å². The van der Waals surface area contributed by atoms with Crippen LogP contribution in [0.15, 0.2) is 46.3 Å². The van der Waals surface area contributed by atoms with Crippen LogP contribution in [-0.2, 0) is 11.3 Å². The van der Waals surface area contributed by atoms with Gasteiger partial charge in [0.15, 0.2) is 0 Å². The van der Waals surface area contributed by atoms with Crippen LogP contribution in [0.4, 0.5) is 0 Å². The number of hydrogen-bond donors (Lipinski definition) is 0. The van der Waals surface area contributed by atoms with Gasteiger partial charge >= 0.3 is 5.97 Å². The average Bonchev–Trinajstić information content (AvgIpc) is 3.28. The predicted octanol–water partition coefficient (Wildman–Crippen LogP) is 3.18.